The maximum atomic E-state index is 12.6. The Hall–Kier alpha value is -3.32. The van der Waals surface area contributed by atoms with E-state index in [9.17, 15) is 4.79 Å². The first kappa shape index (κ1) is 13.4. The smallest absolute Gasteiger partial charge is 0.205 e. The molecule has 0 radical (unpaired) electrons. The van der Waals surface area contributed by atoms with Gasteiger partial charge in [-0.25, -0.2) is 10.8 Å². The average molecular weight is 304 g/mol. The van der Waals surface area contributed by atoms with E-state index in [-0.39, 0.29) is 5.78 Å². The third kappa shape index (κ3) is 2.11. The number of hydrazine groups is 1. The number of benzene rings is 2. The monoisotopic (exact) mass is 304 g/mol. The first-order chi connectivity index (χ1) is 11.3. The molecule has 7 nitrogen and oxygen atoms in total. The predicted octanol–water partition coefficient (Wildman–Crippen LogP) is 1.79. The van der Waals surface area contributed by atoms with Gasteiger partial charge >= 0.3 is 0 Å². The van der Waals surface area contributed by atoms with Gasteiger partial charge in [0, 0.05) is 11.1 Å². The molecule has 0 bridgehead atoms. The van der Waals surface area contributed by atoms with Crippen LogP contribution < -0.4 is 11.3 Å². The zero-order valence-corrected chi connectivity index (χ0v) is 12.0. The molecule has 0 fully saturated rings. The molecule has 0 aliphatic carbocycles. The highest BCUT2D eigenvalue weighted by atomic mass is 16.1. The van der Waals surface area contributed by atoms with Crippen molar-refractivity contribution in [3.8, 4) is 0 Å². The summed E-state index contributed by atoms with van der Waals surface area (Å²) in [6, 6.07) is 14.5. The minimum Gasteiger partial charge on any atom is -0.305 e. The number of nitrogens with two attached hydrogens (primary N) is 1. The Morgan fingerprint density at radius 3 is 2.70 bits per heavy atom. The highest BCUT2D eigenvalue weighted by Gasteiger charge is 2.13. The van der Waals surface area contributed by atoms with E-state index in [0.717, 1.165) is 5.52 Å². The van der Waals surface area contributed by atoms with Gasteiger partial charge in [0.25, 0.3) is 0 Å². The summed E-state index contributed by atoms with van der Waals surface area (Å²) in [7, 11) is 0. The summed E-state index contributed by atoms with van der Waals surface area (Å²) in [5.41, 5.74) is 5.66. The van der Waals surface area contributed by atoms with E-state index in [0.29, 0.717) is 28.1 Å². The average Bonchev–Trinajstić information content (AvgIpc) is 3.11. The highest BCUT2D eigenvalue weighted by Crippen LogP contribution is 2.21. The first-order valence-corrected chi connectivity index (χ1v) is 6.98. The third-order valence-electron chi connectivity index (χ3n) is 3.66. The fourth-order valence-electron chi connectivity index (χ4n) is 2.55. The highest BCUT2D eigenvalue weighted by molar-refractivity contribution is 6.10. The number of aromatic nitrogens is 4. The van der Waals surface area contributed by atoms with Gasteiger partial charge in [-0.05, 0) is 18.2 Å². The molecular formula is C16H12N6O. The number of carbonyl (C=O) groups excluding carboxylic acids is 1. The van der Waals surface area contributed by atoms with Crippen LogP contribution in [0.2, 0.25) is 0 Å². The van der Waals surface area contributed by atoms with E-state index in [1.165, 1.54) is 0 Å². The Kier molecular flexibility index (Phi) is 2.99. The zero-order valence-electron chi connectivity index (χ0n) is 12.0. The van der Waals surface area contributed by atoms with Crippen LogP contribution in [0.4, 0.5) is 5.82 Å². The molecule has 4 rings (SSSR count). The van der Waals surface area contributed by atoms with E-state index in [4.69, 9.17) is 5.84 Å². The van der Waals surface area contributed by atoms with Gasteiger partial charge in [0.05, 0.1) is 11.0 Å². The summed E-state index contributed by atoms with van der Waals surface area (Å²) in [5.74, 6) is 5.85. The van der Waals surface area contributed by atoms with E-state index in [1.807, 2.05) is 18.2 Å². The molecule has 0 saturated heterocycles. The molecular weight excluding hydrogens is 292 g/mol. The summed E-state index contributed by atoms with van der Waals surface area (Å²) in [5, 5.41) is 7.88. The van der Waals surface area contributed by atoms with E-state index in [2.05, 4.69) is 20.6 Å². The fourth-order valence-corrected chi connectivity index (χ4v) is 2.55. The largest absolute Gasteiger partial charge is 0.305 e. The van der Waals surface area contributed by atoms with Crippen LogP contribution in [0.25, 0.3) is 16.7 Å². The number of nitrogen functional groups attached to an aromatic ring is 1. The number of nitrogens with one attached hydrogen (secondary N) is 1. The van der Waals surface area contributed by atoms with Crippen molar-refractivity contribution in [2.75, 3.05) is 5.43 Å². The van der Waals surface area contributed by atoms with Crippen molar-refractivity contribution in [1.29, 1.82) is 0 Å². The number of ketones is 1. The lowest BCUT2D eigenvalue weighted by Crippen LogP contribution is -2.11. The Balaban J connectivity index is 1.93. The molecule has 0 unspecified atom stereocenters. The second-order valence-corrected chi connectivity index (χ2v) is 5.03. The lowest BCUT2D eigenvalue weighted by atomic mass is 10.0. The SMILES string of the molecule is NNc1nc2ccc(C(=O)c3ccccc3)cc2n2cnnc12. The van der Waals surface area contributed by atoms with Crippen molar-refractivity contribution in [2.24, 2.45) is 5.84 Å². The second kappa shape index (κ2) is 5.15. The quantitative estimate of drug-likeness (QED) is 0.340. The Labute approximate surface area is 130 Å². The third-order valence-corrected chi connectivity index (χ3v) is 3.66. The number of fused-ring (bicyclic) bond motifs is 3. The zero-order chi connectivity index (χ0) is 15.8. The number of anilines is 1. The summed E-state index contributed by atoms with van der Waals surface area (Å²) >= 11 is 0. The first-order valence-electron chi connectivity index (χ1n) is 6.98. The lowest BCUT2D eigenvalue weighted by molar-refractivity contribution is 0.103. The number of hydrogen-bond donors (Lipinski definition) is 2. The molecule has 7 heteroatoms. The summed E-state index contributed by atoms with van der Waals surface area (Å²) in [6.45, 7) is 0. The maximum Gasteiger partial charge on any atom is 0.205 e. The molecule has 4 aromatic rings. The second-order valence-electron chi connectivity index (χ2n) is 5.03. The van der Waals surface area contributed by atoms with Crippen LogP contribution in [-0.4, -0.2) is 25.4 Å². The van der Waals surface area contributed by atoms with Gasteiger partial charge in [-0.3, -0.25) is 9.20 Å². The van der Waals surface area contributed by atoms with E-state index in [1.54, 1.807) is 41.1 Å². The lowest BCUT2D eigenvalue weighted by Gasteiger charge is -2.07. The molecule has 0 aliphatic heterocycles. The molecule has 2 aromatic heterocycles. The Morgan fingerprint density at radius 1 is 1.09 bits per heavy atom. The topological polar surface area (TPSA) is 98.2 Å². The summed E-state index contributed by atoms with van der Waals surface area (Å²) in [6.07, 6.45) is 1.57. The van der Waals surface area contributed by atoms with Gasteiger partial charge in [-0.1, -0.05) is 30.3 Å². The number of nitrogens with zero attached hydrogens (tertiary/aromatic N) is 4. The van der Waals surface area contributed by atoms with Gasteiger partial charge in [-0.15, -0.1) is 10.2 Å². The molecule has 0 spiro atoms. The van der Waals surface area contributed by atoms with Crippen LogP contribution in [0.1, 0.15) is 15.9 Å². The van der Waals surface area contributed by atoms with Crippen molar-refractivity contribution < 1.29 is 4.79 Å². The van der Waals surface area contributed by atoms with Gasteiger partial charge in [0.2, 0.25) is 5.65 Å². The van der Waals surface area contributed by atoms with Crippen molar-refractivity contribution in [1.82, 2.24) is 19.6 Å². The number of hydrogen-bond acceptors (Lipinski definition) is 6. The molecule has 0 aliphatic rings. The van der Waals surface area contributed by atoms with Crippen molar-refractivity contribution in [2.45, 2.75) is 0 Å². The van der Waals surface area contributed by atoms with Crippen LogP contribution in [0.3, 0.4) is 0 Å². The van der Waals surface area contributed by atoms with E-state index >= 15 is 0 Å². The van der Waals surface area contributed by atoms with Crippen molar-refractivity contribution in [3.05, 3.63) is 66.0 Å². The summed E-state index contributed by atoms with van der Waals surface area (Å²) in [4.78, 5) is 17.0. The molecule has 112 valence electrons. The minimum atomic E-state index is -0.0465. The van der Waals surface area contributed by atoms with Gasteiger partial charge < -0.3 is 5.43 Å². The Morgan fingerprint density at radius 2 is 1.91 bits per heavy atom. The van der Waals surface area contributed by atoms with Crippen LogP contribution in [0, 0.1) is 0 Å². The molecule has 23 heavy (non-hydrogen) atoms. The minimum absolute atomic E-state index is 0.0465. The molecule has 0 amide bonds. The van der Waals surface area contributed by atoms with Gasteiger partial charge in [0.15, 0.2) is 11.6 Å². The van der Waals surface area contributed by atoms with Crippen molar-refractivity contribution >= 4 is 28.3 Å². The molecule has 2 heterocycles. The summed E-state index contributed by atoms with van der Waals surface area (Å²) < 4.78 is 1.75. The molecule has 0 atom stereocenters. The standard InChI is InChI=1S/C16H12N6O/c17-20-15-16-21-18-9-22(16)13-8-11(6-7-12(13)19-15)14(23)10-4-2-1-3-5-10/h1-9H,17H2,(H,19,20). The predicted molar refractivity (Wildman–Crippen MR) is 86.0 cm³/mol. The fraction of sp³-hybridized carbons (Fsp3) is 0. The van der Waals surface area contributed by atoms with Crippen LogP contribution in [0.15, 0.2) is 54.9 Å². The van der Waals surface area contributed by atoms with Crippen LogP contribution in [0.5, 0.6) is 0 Å². The van der Waals surface area contributed by atoms with Crippen LogP contribution in [-0.2, 0) is 0 Å². The van der Waals surface area contributed by atoms with Gasteiger partial charge in [0.1, 0.15) is 6.33 Å². The number of carbonyl (C=O) groups is 1. The maximum absolute atomic E-state index is 12.6. The Bertz CT molecular complexity index is 1020. The van der Waals surface area contributed by atoms with Gasteiger partial charge in [-0.2, -0.15) is 0 Å². The van der Waals surface area contributed by atoms with E-state index < -0.39 is 0 Å². The normalized spacial score (nSPS) is 11.0. The molecule has 0 saturated carbocycles. The van der Waals surface area contributed by atoms with Crippen molar-refractivity contribution in [3.63, 3.8) is 0 Å². The van der Waals surface area contributed by atoms with Crippen LogP contribution >= 0.6 is 0 Å². The number of rotatable bonds is 3. The molecule has 2 aromatic carbocycles. The molecule has 3 N–H and O–H groups in total.